The average Bonchev–Trinajstić information content (AvgIpc) is 3.19. The Hall–Kier alpha value is -1.58. The van der Waals surface area contributed by atoms with Gasteiger partial charge in [-0.05, 0) is 93.7 Å². The van der Waals surface area contributed by atoms with Crippen LogP contribution in [0.25, 0.3) is 11.0 Å². The van der Waals surface area contributed by atoms with Crippen LogP contribution >= 0.6 is 11.8 Å². The monoisotopic (exact) mass is 532 g/mol. The minimum atomic E-state index is -3.55. The minimum Gasteiger partial charge on any atom is -0.352 e. The van der Waals surface area contributed by atoms with Crippen LogP contribution < -0.4 is 5.32 Å². The molecule has 1 atom stereocenters. The Kier molecular flexibility index (Phi) is 7.20. The van der Waals surface area contributed by atoms with E-state index in [1.165, 1.54) is 54.6 Å². The van der Waals surface area contributed by atoms with Gasteiger partial charge >= 0.3 is 0 Å². The van der Waals surface area contributed by atoms with E-state index in [9.17, 15) is 13.2 Å². The average molecular weight is 533 g/mol. The van der Waals surface area contributed by atoms with Crippen LogP contribution in [-0.2, 0) is 21.4 Å². The summed E-state index contributed by atoms with van der Waals surface area (Å²) < 4.78 is 29.5. The molecule has 4 aliphatic rings. The molecule has 36 heavy (non-hydrogen) atoms. The molecule has 1 aromatic carbocycles. The highest BCUT2D eigenvalue weighted by Crippen LogP contribution is 2.61. The van der Waals surface area contributed by atoms with Gasteiger partial charge in [-0.2, -0.15) is 4.31 Å². The van der Waals surface area contributed by atoms with Gasteiger partial charge in [0.1, 0.15) is 0 Å². The van der Waals surface area contributed by atoms with Crippen molar-refractivity contribution in [2.45, 2.75) is 88.9 Å². The van der Waals surface area contributed by atoms with Gasteiger partial charge in [-0.25, -0.2) is 13.4 Å². The molecule has 6 rings (SSSR count). The molecule has 0 saturated heterocycles. The van der Waals surface area contributed by atoms with Gasteiger partial charge in [-0.1, -0.05) is 25.6 Å². The number of nitrogens with one attached hydrogen (secondary N) is 1. The number of sulfonamides is 1. The predicted molar refractivity (Wildman–Crippen MR) is 144 cm³/mol. The van der Waals surface area contributed by atoms with E-state index in [0.717, 1.165) is 28.4 Å². The van der Waals surface area contributed by atoms with Gasteiger partial charge in [0.2, 0.25) is 15.9 Å². The lowest BCUT2D eigenvalue weighted by molar-refractivity contribution is -0.123. The number of carbonyl (C=O) groups excluding carboxylic acids is 1. The first-order chi connectivity index (χ1) is 17.2. The molecule has 1 aromatic heterocycles. The zero-order chi connectivity index (χ0) is 25.7. The number of imidazole rings is 1. The number of hydrogen-bond acceptors (Lipinski definition) is 5. The Labute approximate surface area is 219 Å². The Balaban J connectivity index is 1.28. The normalized spacial score (nSPS) is 28.2. The van der Waals surface area contributed by atoms with Crippen LogP contribution in [0.3, 0.4) is 0 Å². The fraction of sp³-hybridized carbons (Fsp3) is 0.704. The molecule has 9 heteroatoms. The summed E-state index contributed by atoms with van der Waals surface area (Å²) in [7, 11) is -3.55. The van der Waals surface area contributed by atoms with Crippen LogP contribution in [-0.4, -0.2) is 53.1 Å². The van der Waals surface area contributed by atoms with Gasteiger partial charge in [-0.3, -0.25) is 4.79 Å². The van der Waals surface area contributed by atoms with Crippen molar-refractivity contribution in [3.8, 4) is 0 Å². The number of hydrogen-bond donors (Lipinski definition) is 1. The van der Waals surface area contributed by atoms with Crippen molar-refractivity contribution in [2.75, 3.05) is 18.8 Å². The summed E-state index contributed by atoms with van der Waals surface area (Å²) in [6.45, 7) is 9.50. The third kappa shape index (κ3) is 4.60. The van der Waals surface area contributed by atoms with Crippen molar-refractivity contribution < 1.29 is 13.2 Å². The van der Waals surface area contributed by atoms with Crippen molar-refractivity contribution in [1.82, 2.24) is 19.2 Å². The molecule has 1 N–H and O–H groups in total. The second-order valence-electron chi connectivity index (χ2n) is 11.2. The molecule has 4 fully saturated rings. The molecule has 4 bridgehead atoms. The quantitative estimate of drug-likeness (QED) is 0.440. The van der Waals surface area contributed by atoms with Gasteiger partial charge in [0.25, 0.3) is 0 Å². The highest BCUT2D eigenvalue weighted by Gasteiger charge is 2.53. The fourth-order valence-corrected chi connectivity index (χ4v) is 10.0. The Bertz CT molecular complexity index is 1200. The van der Waals surface area contributed by atoms with E-state index in [-0.39, 0.29) is 16.8 Å². The van der Waals surface area contributed by atoms with Crippen molar-refractivity contribution in [1.29, 1.82) is 0 Å². The van der Waals surface area contributed by atoms with E-state index in [1.807, 2.05) is 26.8 Å². The second kappa shape index (κ2) is 9.95. The van der Waals surface area contributed by atoms with Crippen LogP contribution in [0, 0.1) is 23.2 Å². The van der Waals surface area contributed by atoms with E-state index in [4.69, 9.17) is 4.98 Å². The number of rotatable bonds is 10. The van der Waals surface area contributed by atoms with Gasteiger partial charge in [0, 0.05) is 25.7 Å². The molecule has 4 saturated carbocycles. The van der Waals surface area contributed by atoms with Gasteiger partial charge in [-0.15, -0.1) is 0 Å². The fourth-order valence-electron chi connectivity index (χ4n) is 7.65. The summed E-state index contributed by atoms with van der Waals surface area (Å²) in [4.78, 5) is 18.0. The smallest absolute Gasteiger partial charge is 0.243 e. The first-order valence-electron chi connectivity index (χ1n) is 13.6. The molecule has 0 aliphatic heterocycles. The lowest BCUT2D eigenvalue weighted by Gasteiger charge is -2.59. The van der Waals surface area contributed by atoms with Gasteiger partial charge in [0.15, 0.2) is 5.16 Å². The van der Waals surface area contributed by atoms with Gasteiger partial charge in [0.05, 0.1) is 21.7 Å². The van der Waals surface area contributed by atoms with E-state index in [1.54, 1.807) is 12.1 Å². The largest absolute Gasteiger partial charge is 0.352 e. The summed E-state index contributed by atoms with van der Waals surface area (Å²) in [6, 6.07) is 5.37. The summed E-state index contributed by atoms with van der Waals surface area (Å²) in [5.74, 6) is 2.97. The number of benzene rings is 1. The zero-order valence-corrected chi connectivity index (χ0v) is 23.6. The van der Waals surface area contributed by atoms with E-state index >= 15 is 0 Å². The minimum absolute atomic E-state index is 0.0581. The van der Waals surface area contributed by atoms with E-state index < -0.39 is 10.0 Å². The third-order valence-electron chi connectivity index (χ3n) is 9.06. The number of nitrogens with zero attached hydrogens (tertiary/aromatic N) is 3. The van der Waals surface area contributed by atoms with Crippen LogP contribution in [0.2, 0.25) is 0 Å². The van der Waals surface area contributed by atoms with Gasteiger partial charge < -0.3 is 9.88 Å². The van der Waals surface area contributed by atoms with Crippen molar-refractivity contribution in [3.05, 3.63) is 18.2 Å². The van der Waals surface area contributed by atoms with Crippen molar-refractivity contribution in [3.63, 3.8) is 0 Å². The standard InChI is InChI=1S/C27H40N4O3S2/c1-5-30(6-2)36(33,34)22-8-9-24-23(13-22)29-26(31(24)7-3)35-17-25(32)28-18(4)27-14-19-10-20(15-27)12-21(11-19)16-27/h8-9,13,18-21H,5-7,10-12,14-17H2,1-4H3,(H,28,32)/t18-,19?,20?,21?,27?/m1/s1. The number of thioether (sulfide) groups is 1. The first-order valence-corrected chi connectivity index (χ1v) is 16.0. The third-order valence-corrected chi connectivity index (χ3v) is 12.1. The molecular weight excluding hydrogens is 492 g/mol. The Morgan fingerprint density at radius 2 is 1.75 bits per heavy atom. The van der Waals surface area contributed by atoms with Crippen molar-refractivity contribution >= 4 is 38.7 Å². The summed E-state index contributed by atoms with van der Waals surface area (Å²) in [5, 5.41) is 4.10. The maximum atomic E-state index is 13.0. The Morgan fingerprint density at radius 3 is 2.31 bits per heavy atom. The number of carbonyl (C=O) groups is 1. The summed E-state index contributed by atoms with van der Waals surface area (Å²) >= 11 is 1.43. The van der Waals surface area contributed by atoms with Crippen LogP contribution in [0.5, 0.6) is 0 Å². The molecule has 2 aromatic rings. The Morgan fingerprint density at radius 1 is 1.14 bits per heavy atom. The first kappa shape index (κ1) is 26.0. The van der Waals surface area contributed by atoms with Crippen molar-refractivity contribution in [2.24, 2.45) is 23.2 Å². The number of fused-ring (bicyclic) bond motifs is 1. The second-order valence-corrected chi connectivity index (χ2v) is 14.1. The molecule has 0 radical (unpaired) electrons. The lowest BCUT2D eigenvalue weighted by atomic mass is 9.48. The van der Waals surface area contributed by atoms with Crippen LogP contribution in [0.1, 0.15) is 66.2 Å². The molecule has 1 amide bonds. The molecule has 0 unspecified atom stereocenters. The molecule has 198 valence electrons. The topological polar surface area (TPSA) is 84.3 Å². The molecule has 4 aliphatic carbocycles. The maximum absolute atomic E-state index is 13.0. The summed E-state index contributed by atoms with van der Waals surface area (Å²) in [6.07, 6.45) is 8.04. The lowest BCUT2D eigenvalue weighted by Crippen LogP contribution is -2.56. The summed E-state index contributed by atoms with van der Waals surface area (Å²) in [5.41, 5.74) is 1.83. The maximum Gasteiger partial charge on any atom is 0.243 e. The number of amides is 1. The van der Waals surface area contributed by atoms with Crippen LogP contribution in [0.4, 0.5) is 0 Å². The number of aromatic nitrogens is 2. The number of aryl methyl sites for hydroxylation is 1. The predicted octanol–water partition coefficient (Wildman–Crippen LogP) is 4.90. The highest BCUT2D eigenvalue weighted by atomic mass is 32.2. The molecule has 1 heterocycles. The SMILES string of the molecule is CCN(CC)S(=O)(=O)c1ccc2c(c1)nc(SCC(=O)N[C@H](C)C13CC4CC(CC(C4)C1)C3)n2CC. The molecule has 7 nitrogen and oxygen atoms in total. The van der Waals surface area contributed by atoms with Crippen LogP contribution in [0.15, 0.2) is 28.3 Å². The molecule has 0 spiro atoms. The van der Waals surface area contributed by atoms with E-state index in [0.29, 0.717) is 36.3 Å². The highest BCUT2D eigenvalue weighted by molar-refractivity contribution is 7.99. The van der Waals surface area contributed by atoms with E-state index in [2.05, 4.69) is 16.8 Å². The molecular formula is C27H40N4O3S2. The zero-order valence-electron chi connectivity index (χ0n) is 22.0.